The van der Waals surface area contributed by atoms with Crippen LogP contribution in [0, 0.1) is 5.92 Å². The van der Waals surface area contributed by atoms with Crippen molar-refractivity contribution in [2.24, 2.45) is 5.92 Å². The Kier molecular flexibility index (Phi) is 4.34. The van der Waals surface area contributed by atoms with Gasteiger partial charge < -0.3 is 15.0 Å². The predicted octanol–water partition coefficient (Wildman–Crippen LogP) is 3.64. The van der Waals surface area contributed by atoms with E-state index in [1.807, 2.05) is 12.1 Å². The molecule has 2 atom stereocenters. The van der Waals surface area contributed by atoms with E-state index in [1.165, 1.54) is 18.2 Å². The number of ether oxygens (including phenoxy) is 1. The number of carbonyl (C=O) groups is 1. The van der Waals surface area contributed by atoms with Crippen molar-refractivity contribution in [3.8, 4) is 16.9 Å². The van der Waals surface area contributed by atoms with E-state index < -0.39 is 6.36 Å². The summed E-state index contributed by atoms with van der Waals surface area (Å²) < 4.78 is 41.4. The first-order valence-electron chi connectivity index (χ1n) is 8.77. The van der Waals surface area contributed by atoms with Crippen LogP contribution in [0.1, 0.15) is 21.8 Å². The number of carbonyl (C=O) groups excluding carboxylic acids is 1. The fourth-order valence-corrected chi connectivity index (χ4v) is 4.09. The molecule has 2 aromatic carbocycles. The van der Waals surface area contributed by atoms with Crippen LogP contribution in [0.25, 0.3) is 11.1 Å². The molecule has 7 heteroatoms. The Morgan fingerprint density at radius 3 is 2.67 bits per heavy atom. The number of amides is 1. The van der Waals surface area contributed by atoms with E-state index in [2.05, 4.69) is 22.0 Å². The molecule has 0 radical (unpaired) electrons. The Hall–Kier alpha value is -2.54. The third-order valence-corrected chi connectivity index (χ3v) is 5.25. The van der Waals surface area contributed by atoms with Crippen molar-refractivity contribution in [2.75, 3.05) is 26.7 Å². The van der Waals surface area contributed by atoms with Gasteiger partial charge in [0.05, 0.1) is 0 Å². The van der Waals surface area contributed by atoms with Crippen molar-refractivity contribution in [2.45, 2.75) is 12.3 Å². The summed E-state index contributed by atoms with van der Waals surface area (Å²) in [5.41, 5.74) is 2.85. The largest absolute Gasteiger partial charge is 0.573 e. The zero-order valence-corrected chi connectivity index (χ0v) is 14.7. The highest BCUT2D eigenvalue weighted by Gasteiger charge is 2.37. The Labute approximate surface area is 154 Å². The molecule has 1 saturated heterocycles. The maximum absolute atomic E-state index is 12.6. The predicted molar refractivity (Wildman–Crippen MR) is 94.6 cm³/mol. The second kappa shape index (κ2) is 6.56. The highest BCUT2D eigenvalue weighted by molar-refractivity contribution is 5.97. The first-order chi connectivity index (χ1) is 12.8. The van der Waals surface area contributed by atoms with Crippen LogP contribution in [-0.4, -0.2) is 43.9 Å². The fraction of sp³-hybridized carbons (Fsp3) is 0.350. The summed E-state index contributed by atoms with van der Waals surface area (Å²) in [6.45, 7) is 2.45. The molecule has 0 bridgehead atoms. The summed E-state index contributed by atoms with van der Waals surface area (Å²) in [7, 11) is 2.07. The first kappa shape index (κ1) is 17.9. The van der Waals surface area contributed by atoms with Crippen molar-refractivity contribution in [3.05, 3.63) is 53.6 Å². The average Bonchev–Trinajstić information content (AvgIpc) is 2.93. The zero-order valence-electron chi connectivity index (χ0n) is 14.7. The fourth-order valence-electron chi connectivity index (χ4n) is 4.09. The van der Waals surface area contributed by atoms with Crippen molar-refractivity contribution >= 4 is 5.91 Å². The highest BCUT2D eigenvalue weighted by atomic mass is 19.4. The van der Waals surface area contributed by atoms with E-state index in [0.717, 1.165) is 18.7 Å². The number of alkyl halides is 3. The van der Waals surface area contributed by atoms with Crippen molar-refractivity contribution in [1.82, 2.24) is 10.2 Å². The molecule has 0 saturated carbocycles. The van der Waals surface area contributed by atoms with Crippen LogP contribution >= 0.6 is 0 Å². The van der Waals surface area contributed by atoms with Crippen molar-refractivity contribution < 1.29 is 22.7 Å². The summed E-state index contributed by atoms with van der Waals surface area (Å²) >= 11 is 0. The number of likely N-dealkylation sites (tertiary alicyclic amines) is 1. The van der Waals surface area contributed by atoms with Gasteiger partial charge in [-0.15, -0.1) is 13.2 Å². The molecule has 27 heavy (non-hydrogen) atoms. The second-order valence-electron chi connectivity index (χ2n) is 7.18. The van der Waals surface area contributed by atoms with Gasteiger partial charge in [-0.05, 0) is 47.9 Å². The minimum absolute atomic E-state index is 0.133. The smallest absolute Gasteiger partial charge is 0.406 e. The third kappa shape index (κ3) is 3.64. The van der Waals surface area contributed by atoms with Gasteiger partial charge in [-0.3, -0.25) is 4.79 Å². The molecule has 2 aromatic rings. The normalized spacial score (nSPS) is 22.6. The lowest BCUT2D eigenvalue weighted by Crippen LogP contribution is -2.29. The van der Waals surface area contributed by atoms with E-state index in [4.69, 9.17) is 0 Å². The van der Waals surface area contributed by atoms with Gasteiger partial charge in [-0.25, -0.2) is 0 Å². The monoisotopic (exact) mass is 376 g/mol. The number of likely N-dealkylation sites (N-methyl/N-ethyl adjacent to an activating group) is 1. The van der Waals surface area contributed by atoms with Crippen LogP contribution in [-0.2, 0) is 0 Å². The van der Waals surface area contributed by atoms with Gasteiger partial charge in [0.15, 0.2) is 0 Å². The van der Waals surface area contributed by atoms with Gasteiger partial charge >= 0.3 is 6.36 Å². The van der Waals surface area contributed by atoms with Gasteiger partial charge in [0.1, 0.15) is 5.75 Å². The lowest BCUT2D eigenvalue weighted by Gasteiger charge is -2.17. The molecule has 0 unspecified atom stereocenters. The van der Waals surface area contributed by atoms with Crippen molar-refractivity contribution in [1.29, 1.82) is 0 Å². The zero-order chi connectivity index (χ0) is 19.2. The lowest BCUT2D eigenvalue weighted by atomic mass is 9.86. The van der Waals surface area contributed by atoms with Crippen LogP contribution < -0.4 is 10.1 Å². The molecular formula is C20H19F3N2O2. The van der Waals surface area contributed by atoms with Crippen LogP contribution in [0.2, 0.25) is 0 Å². The molecule has 0 spiro atoms. The number of nitrogens with zero attached hydrogens (tertiary/aromatic N) is 1. The molecule has 1 fully saturated rings. The number of rotatable bonds is 2. The van der Waals surface area contributed by atoms with E-state index in [0.29, 0.717) is 29.2 Å². The molecule has 2 heterocycles. The second-order valence-corrected chi connectivity index (χ2v) is 7.18. The van der Waals surface area contributed by atoms with Gasteiger partial charge in [-0.1, -0.05) is 24.3 Å². The maximum Gasteiger partial charge on any atom is 0.573 e. The molecule has 1 N–H and O–H groups in total. The Morgan fingerprint density at radius 1 is 1.11 bits per heavy atom. The van der Waals surface area contributed by atoms with Crippen molar-refractivity contribution in [3.63, 3.8) is 0 Å². The molecule has 0 aromatic heterocycles. The number of nitrogens with one attached hydrogen (secondary N) is 1. The number of benzene rings is 2. The summed E-state index contributed by atoms with van der Waals surface area (Å²) in [6, 6.07) is 11.3. The third-order valence-electron chi connectivity index (χ3n) is 5.25. The quantitative estimate of drug-likeness (QED) is 0.870. The minimum Gasteiger partial charge on any atom is -0.406 e. The lowest BCUT2D eigenvalue weighted by molar-refractivity contribution is -0.274. The number of hydrogen-bond donors (Lipinski definition) is 1. The van der Waals surface area contributed by atoms with Gasteiger partial charge in [-0.2, -0.15) is 0 Å². The molecule has 0 aliphatic carbocycles. The van der Waals surface area contributed by atoms with Crippen LogP contribution in [0.5, 0.6) is 5.75 Å². The SMILES string of the molecule is CN1C[C@@H]2CNC(=O)c3cc(-c4cccc(OC(F)(F)F)c4)ccc3[C@H]2C1. The topological polar surface area (TPSA) is 41.6 Å². The van der Waals surface area contributed by atoms with Crippen LogP contribution in [0.4, 0.5) is 13.2 Å². The van der Waals surface area contributed by atoms with E-state index >= 15 is 0 Å². The molecular weight excluding hydrogens is 357 g/mol. The Balaban J connectivity index is 1.71. The number of fused-ring (bicyclic) bond motifs is 3. The summed E-state index contributed by atoms with van der Waals surface area (Å²) in [4.78, 5) is 14.8. The van der Waals surface area contributed by atoms with E-state index in [-0.39, 0.29) is 17.6 Å². The number of halogens is 3. The van der Waals surface area contributed by atoms with Crippen LogP contribution in [0.15, 0.2) is 42.5 Å². The molecule has 2 aliphatic rings. The Morgan fingerprint density at radius 2 is 1.89 bits per heavy atom. The molecule has 4 rings (SSSR count). The van der Waals surface area contributed by atoms with Crippen LogP contribution in [0.3, 0.4) is 0 Å². The van der Waals surface area contributed by atoms with Gasteiger partial charge in [0, 0.05) is 31.1 Å². The average molecular weight is 376 g/mol. The summed E-state index contributed by atoms with van der Waals surface area (Å²) in [5.74, 6) is 0.232. The van der Waals surface area contributed by atoms with E-state index in [9.17, 15) is 18.0 Å². The summed E-state index contributed by atoms with van der Waals surface area (Å²) in [5, 5.41) is 2.97. The summed E-state index contributed by atoms with van der Waals surface area (Å²) in [6.07, 6.45) is -4.74. The van der Waals surface area contributed by atoms with Gasteiger partial charge in [0.25, 0.3) is 5.91 Å². The molecule has 2 aliphatic heterocycles. The maximum atomic E-state index is 12.6. The van der Waals surface area contributed by atoms with E-state index in [1.54, 1.807) is 12.1 Å². The minimum atomic E-state index is -4.74. The number of hydrogen-bond acceptors (Lipinski definition) is 3. The molecule has 142 valence electrons. The van der Waals surface area contributed by atoms with Gasteiger partial charge in [0.2, 0.25) is 0 Å². The first-order valence-corrected chi connectivity index (χ1v) is 8.77. The molecule has 1 amide bonds. The highest BCUT2D eigenvalue weighted by Crippen LogP contribution is 2.37. The standard InChI is InChI=1S/C20H19F3N2O2/c1-25-10-14-9-24-19(26)17-8-13(5-6-16(17)18(14)11-25)12-3-2-4-15(7-12)27-20(21,22)23/h2-8,14,18H,9-11H2,1H3,(H,24,26)/t14-,18-/m0/s1. The Bertz CT molecular complexity index is 882. The molecule has 4 nitrogen and oxygen atoms in total.